The Kier molecular flexibility index (Phi) is 8.73. The number of hydrogen-bond acceptors (Lipinski definition) is 5. The number of nitrogens with zero attached hydrogens (tertiary/aromatic N) is 1. The van der Waals surface area contributed by atoms with Gasteiger partial charge in [-0.15, -0.1) is 11.3 Å². The summed E-state index contributed by atoms with van der Waals surface area (Å²) in [5.74, 6) is -1.29. The highest BCUT2D eigenvalue weighted by Gasteiger charge is 2.30. The number of aryl methyl sites for hydroxylation is 1. The minimum atomic E-state index is -4.40. The van der Waals surface area contributed by atoms with Crippen LogP contribution in [-0.4, -0.2) is 36.2 Å². The van der Waals surface area contributed by atoms with Crippen molar-refractivity contribution in [3.05, 3.63) is 40.4 Å². The lowest BCUT2D eigenvalue weighted by Crippen LogP contribution is -2.27. The van der Waals surface area contributed by atoms with Crippen molar-refractivity contribution in [2.24, 2.45) is 0 Å². The molecule has 0 atom stereocenters. The molecule has 31 heavy (non-hydrogen) atoms. The van der Waals surface area contributed by atoms with E-state index in [1.54, 1.807) is 6.92 Å². The molecule has 1 heterocycles. The van der Waals surface area contributed by atoms with Gasteiger partial charge in [-0.05, 0) is 31.9 Å². The highest BCUT2D eigenvalue weighted by Crippen LogP contribution is 2.32. The molecule has 0 aliphatic rings. The number of carbonyl (C=O) groups excluding carboxylic acids is 3. The Hall–Kier alpha value is -2.75. The van der Waals surface area contributed by atoms with E-state index in [-0.39, 0.29) is 12.3 Å². The van der Waals surface area contributed by atoms with E-state index in [1.165, 1.54) is 19.2 Å². The molecular formula is C21H24F3N3O3S. The summed E-state index contributed by atoms with van der Waals surface area (Å²) in [6, 6.07) is 4.68. The molecule has 0 saturated heterocycles. The summed E-state index contributed by atoms with van der Waals surface area (Å²) in [5, 5.41) is 5.59. The van der Waals surface area contributed by atoms with Crippen molar-refractivity contribution in [2.45, 2.75) is 45.2 Å². The van der Waals surface area contributed by atoms with Gasteiger partial charge in [0.2, 0.25) is 5.78 Å². The number of halogens is 3. The molecule has 0 fully saturated rings. The summed E-state index contributed by atoms with van der Waals surface area (Å²) >= 11 is 1.13. The maximum Gasteiger partial charge on any atom is 0.416 e. The lowest BCUT2D eigenvalue weighted by molar-refractivity contribution is -0.137. The molecule has 2 rings (SSSR count). The number of Topliss-reactive ketones (excluding diaryl/α,β-unsaturated/α-hetero) is 1. The van der Waals surface area contributed by atoms with Gasteiger partial charge in [0.15, 0.2) is 0 Å². The first-order chi connectivity index (χ1) is 14.6. The summed E-state index contributed by atoms with van der Waals surface area (Å²) in [6.45, 7) is 2.14. The van der Waals surface area contributed by atoms with Crippen molar-refractivity contribution in [2.75, 3.05) is 13.6 Å². The van der Waals surface area contributed by atoms with Crippen molar-refractivity contribution in [1.82, 2.24) is 15.6 Å². The second-order valence-electron chi connectivity index (χ2n) is 6.93. The van der Waals surface area contributed by atoms with Crippen molar-refractivity contribution < 1.29 is 27.6 Å². The Balaban J connectivity index is 1.80. The van der Waals surface area contributed by atoms with Crippen LogP contribution in [0.15, 0.2) is 24.3 Å². The molecule has 0 radical (unpaired) electrons. The van der Waals surface area contributed by atoms with Crippen LogP contribution in [0.1, 0.15) is 53.0 Å². The van der Waals surface area contributed by atoms with Gasteiger partial charge in [-0.2, -0.15) is 13.2 Å². The molecule has 2 aromatic rings. The van der Waals surface area contributed by atoms with Crippen molar-refractivity contribution in [3.8, 4) is 10.6 Å². The van der Waals surface area contributed by atoms with Crippen LogP contribution in [0.4, 0.5) is 13.2 Å². The van der Waals surface area contributed by atoms with Gasteiger partial charge in [-0.25, -0.2) is 4.98 Å². The van der Waals surface area contributed by atoms with Gasteiger partial charge in [0, 0.05) is 25.6 Å². The van der Waals surface area contributed by atoms with Crippen LogP contribution >= 0.6 is 11.3 Å². The first kappa shape index (κ1) is 24.5. The Bertz CT molecular complexity index is 924. The van der Waals surface area contributed by atoms with Gasteiger partial charge in [0.05, 0.1) is 11.3 Å². The van der Waals surface area contributed by atoms with Gasteiger partial charge >= 0.3 is 6.18 Å². The second-order valence-corrected chi connectivity index (χ2v) is 7.93. The molecule has 0 unspecified atom stereocenters. The predicted molar refractivity (Wildman–Crippen MR) is 112 cm³/mol. The van der Waals surface area contributed by atoms with E-state index < -0.39 is 23.4 Å². The SMILES string of the molecule is CNC(=O)C(=O)CCCCCCNC(=O)c1sc(-c2ccc(C(F)(F)F)cc2)nc1C. The fourth-order valence-corrected chi connectivity index (χ4v) is 3.82. The fourth-order valence-electron chi connectivity index (χ4n) is 2.83. The lowest BCUT2D eigenvalue weighted by Gasteiger charge is -2.06. The smallest absolute Gasteiger partial charge is 0.353 e. The molecule has 0 aliphatic heterocycles. The molecular weight excluding hydrogens is 431 g/mol. The largest absolute Gasteiger partial charge is 0.416 e. The average molecular weight is 456 g/mol. The molecule has 1 aromatic carbocycles. The number of alkyl halides is 3. The number of unbranched alkanes of at least 4 members (excludes halogenated alkanes) is 3. The van der Waals surface area contributed by atoms with Gasteiger partial charge < -0.3 is 10.6 Å². The molecule has 0 bridgehead atoms. The second kappa shape index (κ2) is 11.0. The number of ketones is 1. The van der Waals surface area contributed by atoms with Crippen LogP contribution in [0.3, 0.4) is 0 Å². The number of carbonyl (C=O) groups is 3. The lowest BCUT2D eigenvalue weighted by atomic mass is 10.1. The summed E-state index contributed by atoms with van der Waals surface area (Å²) in [6.07, 6.45) is -1.27. The van der Waals surface area contributed by atoms with Crippen LogP contribution < -0.4 is 10.6 Å². The zero-order valence-corrected chi connectivity index (χ0v) is 18.1. The van der Waals surface area contributed by atoms with Crippen LogP contribution in [0.5, 0.6) is 0 Å². The number of rotatable bonds is 10. The predicted octanol–water partition coefficient (Wildman–Crippen LogP) is 4.13. The average Bonchev–Trinajstić information content (AvgIpc) is 3.13. The first-order valence-corrected chi connectivity index (χ1v) is 10.6. The monoisotopic (exact) mass is 455 g/mol. The van der Waals surface area contributed by atoms with Crippen LogP contribution in [-0.2, 0) is 15.8 Å². The number of likely N-dealkylation sites (N-methyl/N-ethyl adjacent to an activating group) is 1. The minimum Gasteiger partial charge on any atom is -0.353 e. The molecule has 0 aliphatic carbocycles. The third-order valence-corrected chi connectivity index (χ3v) is 5.76. The van der Waals surface area contributed by atoms with E-state index in [4.69, 9.17) is 0 Å². The number of nitrogens with one attached hydrogen (secondary N) is 2. The molecule has 1 aromatic heterocycles. The molecule has 2 amide bonds. The number of thiazole rings is 1. The minimum absolute atomic E-state index is 0.207. The molecule has 168 valence electrons. The van der Waals surface area contributed by atoms with Gasteiger partial charge in [-0.3, -0.25) is 14.4 Å². The van der Waals surface area contributed by atoms with E-state index >= 15 is 0 Å². The Morgan fingerprint density at radius 1 is 1.03 bits per heavy atom. The van der Waals surface area contributed by atoms with Crippen LogP contribution in [0.2, 0.25) is 0 Å². The Morgan fingerprint density at radius 2 is 1.68 bits per heavy atom. The maximum absolute atomic E-state index is 12.7. The molecule has 10 heteroatoms. The highest BCUT2D eigenvalue weighted by atomic mass is 32.1. The zero-order valence-electron chi connectivity index (χ0n) is 17.3. The van der Waals surface area contributed by atoms with E-state index in [0.29, 0.717) is 34.1 Å². The van der Waals surface area contributed by atoms with Gasteiger partial charge in [0.25, 0.3) is 11.8 Å². The third-order valence-electron chi connectivity index (χ3n) is 4.56. The maximum atomic E-state index is 12.7. The summed E-state index contributed by atoms with van der Waals surface area (Å²) in [4.78, 5) is 39.6. The van der Waals surface area contributed by atoms with E-state index in [0.717, 1.165) is 42.7 Å². The number of amides is 2. The van der Waals surface area contributed by atoms with Crippen LogP contribution in [0, 0.1) is 6.92 Å². The summed E-state index contributed by atoms with van der Waals surface area (Å²) in [5.41, 5.74) is 0.303. The Morgan fingerprint density at radius 3 is 2.29 bits per heavy atom. The summed E-state index contributed by atoms with van der Waals surface area (Å²) < 4.78 is 38.1. The molecule has 0 spiro atoms. The number of benzene rings is 1. The van der Waals surface area contributed by atoms with E-state index in [9.17, 15) is 27.6 Å². The topological polar surface area (TPSA) is 88.2 Å². The van der Waals surface area contributed by atoms with Crippen LogP contribution in [0.25, 0.3) is 10.6 Å². The van der Waals surface area contributed by atoms with Gasteiger partial charge in [0.1, 0.15) is 9.88 Å². The van der Waals surface area contributed by atoms with E-state index in [2.05, 4.69) is 15.6 Å². The standard InChI is InChI=1S/C21H24F3N3O3S/c1-13-17(19(30)26-12-6-4-3-5-7-16(28)18(29)25-2)31-20(27-13)14-8-10-15(11-9-14)21(22,23)24/h8-11H,3-7,12H2,1-2H3,(H,25,29)(H,26,30). The number of aromatic nitrogens is 1. The Labute approximate surface area is 182 Å². The molecule has 2 N–H and O–H groups in total. The molecule has 0 saturated carbocycles. The first-order valence-electron chi connectivity index (χ1n) is 9.81. The summed E-state index contributed by atoms with van der Waals surface area (Å²) in [7, 11) is 1.42. The van der Waals surface area contributed by atoms with E-state index in [1.807, 2.05) is 0 Å². The van der Waals surface area contributed by atoms with Crippen molar-refractivity contribution in [3.63, 3.8) is 0 Å². The highest BCUT2D eigenvalue weighted by molar-refractivity contribution is 7.17. The quantitative estimate of drug-likeness (QED) is 0.417. The van der Waals surface area contributed by atoms with Crippen molar-refractivity contribution in [1.29, 1.82) is 0 Å². The molecule has 6 nitrogen and oxygen atoms in total. The fraction of sp³-hybridized carbons (Fsp3) is 0.429. The number of hydrogen-bond donors (Lipinski definition) is 2. The van der Waals surface area contributed by atoms with Crippen molar-refractivity contribution >= 4 is 28.9 Å². The normalized spacial score (nSPS) is 11.3. The zero-order chi connectivity index (χ0) is 23.0. The van der Waals surface area contributed by atoms with Gasteiger partial charge in [-0.1, -0.05) is 25.0 Å². The third kappa shape index (κ3) is 7.16.